The van der Waals surface area contributed by atoms with Gasteiger partial charge in [-0.25, -0.2) is 4.79 Å². The lowest BCUT2D eigenvalue weighted by Crippen LogP contribution is -2.41. The average Bonchev–Trinajstić information content (AvgIpc) is 2.82. The summed E-state index contributed by atoms with van der Waals surface area (Å²) in [6.45, 7) is 6.27. The van der Waals surface area contributed by atoms with Gasteiger partial charge in [-0.1, -0.05) is 13.3 Å². The van der Waals surface area contributed by atoms with Crippen molar-refractivity contribution in [3.8, 4) is 0 Å². The van der Waals surface area contributed by atoms with Crippen molar-refractivity contribution in [3.05, 3.63) is 17.5 Å². The van der Waals surface area contributed by atoms with Gasteiger partial charge in [0, 0.05) is 0 Å². The molecular formula is C14H20F3N3O3. The summed E-state index contributed by atoms with van der Waals surface area (Å²) in [4.78, 5) is 23.2. The van der Waals surface area contributed by atoms with Crippen molar-refractivity contribution in [1.29, 1.82) is 0 Å². The second kappa shape index (κ2) is 6.59. The Kier molecular flexibility index (Phi) is 5.44. The molecule has 1 atom stereocenters. The summed E-state index contributed by atoms with van der Waals surface area (Å²) in [5.41, 5.74) is -2.86. The number of carbonyl (C=O) groups is 2. The minimum absolute atomic E-state index is 0.121. The van der Waals surface area contributed by atoms with E-state index in [2.05, 4.69) is 10.4 Å². The molecule has 0 saturated carbocycles. The summed E-state index contributed by atoms with van der Waals surface area (Å²) in [6.07, 6.45) is -3.39. The van der Waals surface area contributed by atoms with E-state index < -0.39 is 40.9 Å². The molecule has 6 nitrogen and oxygen atoms in total. The van der Waals surface area contributed by atoms with Crippen molar-refractivity contribution in [2.75, 3.05) is 0 Å². The molecular weight excluding hydrogens is 315 g/mol. The summed E-state index contributed by atoms with van der Waals surface area (Å²) >= 11 is 0. The van der Waals surface area contributed by atoms with Crippen LogP contribution in [0.2, 0.25) is 0 Å². The Labute approximate surface area is 131 Å². The quantitative estimate of drug-likeness (QED) is 0.866. The zero-order chi connectivity index (χ0) is 18.0. The molecule has 0 aliphatic rings. The van der Waals surface area contributed by atoms with Crippen molar-refractivity contribution in [1.82, 2.24) is 15.1 Å². The maximum absolute atomic E-state index is 13.3. The van der Waals surface area contributed by atoms with E-state index in [9.17, 15) is 22.8 Å². The number of hydrogen-bond acceptors (Lipinski definition) is 3. The van der Waals surface area contributed by atoms with E-state index in [0.717, 1.165) is 10.9 Å². The van der Waals surface area contributed by atoms with Crippen molar-refractivity contribution in [2.45, 2.75) is 58.3 Å². The molecule has 0 bridgehead atoms. The number of carboxylic acid groups (broad SMARTS) is 1. The van der Waals surface area contributed by atoms with Crippen LogP contribution >= 0.6 is 0 Å². The zero-order valence-corrected chi connectivity index (χ0v) is 13.4. The Morgan fingerprint density at radius 1 is 1.35 bits per heavy atom. The molecule has 0 aliphatic heterocycles. The van der Waals surface area contributed by atoms with Gasteiger partial charge in [0.1, 0.15) is 6.04 Å². The van der Waals surface area contributed by atoms with Crippen LogP contribution in [0.4, 0.5) is 13.2 Å². The highest BCUT2D eigenvalue weighted by molar-refractivity contribution is 5.97. The number of amides is 1. The zero-order valence-electron chi connectivity index (χ0n) is 13.4. The van der Waals surface area contributed by atoms with Gasteiger partial charge in [-0.2, -0.15) is 18.3 Å². The van der Waals surface area contributed by atoms with Crippen molar-refractivity contribution in [2.24, 2.45) is 0 Å². The first-order valence-electron chi connectivity index (χ1n) is 7.09. The second-order valence-electron chi connectivity index (χ2n) is 6.14. The maximum Gasteiger partial charge on any atom is 0.433 e. The first-order chi connectivity index (χ1) is 10.4. The topological polar surface area (TPSA) is 84.2 Å². The number of nitrogens with zero attached hydrogens (tertiary/aromatic N) is 2. The molecule has 0 spiro atoms. The third-order valence-electron chi connectivity index (χ3n) is 3.10. The third kappa shape index (κ3) is 4.46. The van der Waals surface area contributed by atoms with Crippen LogP contribution in [0.15, 0.2) is 6.20 Å². The van der Waals surface area contributed by atoms with Gasteiger partial charge >= 0.3 is 12.1 Å². The molecule has 0 aliphatic carbocycles. The van der Waals surface area contributed by atoms with Crippen LogP contribution in [0.5, 0.6) is 0 Å². The van der Waals surface area contributed by atoms with Gasteiger partial charge in [0.05, 0.1) is 17.3 Å². The van der Waals surface area contributed by atoms with E-state index in [1.54, 1.807) is 6.92 Å². The van der Waals surface area contributed by atoms with Gasteiger partial charge < -0.3 is 10.4 Å². The minimum atomic E-state index is -4.79. The first kappa shape index (κ1) is 19.0. The van der Waals surface area contributed by atoms with Gasteiger partial charge in [-0.05, 0) is 27.2 Å². The van der Waals surface area contributed by atoms with E-state index in [1.165, 1.54) is 20.8 Å². The smallest absolute Gasteiger partial charge is 0.433 e. The molecule has 1 amide bonds. The van der Waals surface area contributed by atoms with Gasteiger partial charge in [0.15, 0.2) is 5.69 Å². The lowest BCUT2D eigenvalue weighted by Gasteiger charge is -2.24. The van der Waals surface area contributed by atoms with Gasteiger partial charge in [0.2, 0.25) is 0 Å². The van der Waals surface area contributed by atoms with Crippen LogP contribution in [0.1, 0.15) is 56.6 Å². The third-order valence-corrected chi connectivity index (χ3v) is 3.10. The molecule has 1 heterocycles. The number of carbonyl (C=O) groups excluding carboxylic acids is 1. The fraction of sp³-hybridized carbons (Fsp3) is 0.643. The van der Waals surface area contributed by atoms with Crippen molar-refractivity contribution in [3.63, 3.8) is 0 Å². The standard InChI is InChI=1S/C14H20F3N3O3/c1-5-6-9(12(22)23)19-11(21)8-7-18-20(13(2,3)4)10(8)14(15,16)17/h7,9H,5-6H2,1-4H3,(H,19,21)(H,22,23). The monoisotopic (exact) mass is 335 g/mol. The van der Waals surface area contributed by atoms with E-state index >= 15 is 0 Å². The summed E-state index contributed by atoms with van der Waals surface area (Å²) < 4.78 is 40.7. The van der Waals surface area contributed by atoms with Crippen LogP contribution < -0.4 is 5.32 Å². The Hall–Kier alpha value is -2.06. The number of aliphatic carboxylic acids is 1. The molecule has 0 radical (unpaired) electrons. The summed E-state index contributed by atoms with van der Waals surface area (Å²) in [5.74, 6) is -2.40. The molecule has 130 valence electrons. The van der Waals surface area contributed by atoms with Crippen molar-refractivity contribution >= 4 is 11.9 Å². The summed E-state index contributed by atoms with van der Waals surface area (Å²) in [7, 11) is 0. The van der Waals surface area contributed by atoms with Crippen LogP contribution in [-0.4, -0.2) is 32.8 Å². The molecule has 23 heavy (non-hydrogen) atoms. The van der Waals surface area contributed by atoms with E-state index in [0.29, 0.717) is 6.42 Å². The molecule has 1 aromatic heterocycles. The molecule has 2 N–H and O–H groups in total. The highest BCUT2D eigenvalue weighted by Gasteiger charge is 2.42. The van der Waals surface area contributed by atoms with E-state index in [1.807, 2.05) is 0 Å². The Bertz CT molecular complexity index is 588. The fourth-order valence-corrected chi connectivity index (χ4v) is 2.08. The van der Waals surface area contributed by atoms with Gasteiger partial charge in [0.25, 0.3) is 5.91 Å². The maximum atomic E-state index is 13.3. The number of aromatic nitrogens is 2. The van der Waals surface area contributed by atoms with Crippen LogP contribution in [0.25, 0.3) is 0 Å². The molecule has 0 fully saturated rings. The highest BCUT2D eigenvalue weighted by Crippen LogP contribution is 2.34. The number of halogens is 3. The lowest BCUT2D eigenvalue weighted by molar-refractivity contribution is -0.146. The highest BCUT2D eigenvalue weighted by atomic mass is 19.4. The second-order valence-corrected chi connectivity index (χ2v) is 6.14. The summed E-state index contributed by atoms with van der Waals surface area (Å²) in [5, 5.41) is 14.8. The predicted molar refractivity (Wildman–Crippen MR) is 76.0 cm³/mol. The summed E-state index contributed by atoms with van der Waals surface area (Å²) in [6, 6.07) is -1.24. The van der Waals surface area contributed by atoms with E-state index in [-0.39, 0.29) is 6.42 Å². The molecule has 9 heteroatoms. The Morgan fingerprint density at radius 3 is 2.30 bits per heavy atom. The number of hydrogen-bond donors (Lipinski definition) is 2. The Balaban J connectivity index is 3.25. The molecule has 1 unspecified atom stereocenters. The van der Waals surface area contributed by atoms with Gasteiger partial charge in [-0.3, -0.25) is 9.48 Å². The predicted octanol–water partition coefficient (Wildman–Crippen LogP) is 2.64. The van der Waals surface area contributed by atoms with Crippen LogP contribution in [-0.2, 0) is 16.5 Å². The van der Waals surface area contributed by atoms with E-state index in [4.69, 9.17) is 5.11 Å². The van der Waals surface area contributed by atoms with Crippen molar-refractivity contribution < 1.29 is 27.9 Å². The minimum Gasteiger partial charge on any atom is -0.480 e. The fourth-order valence-electron chi connectivity index (χ4n) is 2.08. The largest absolute Gasteiger partial charge is 0.480 e. The normalized spacial score (nSPS) is 13.7. The van der Waals surface area contributed by atoms with Crippen LogP contribution in [0, 0.1) is 0 Å². The molecule has 0 aromatic carbocycles. The number of nitrogens with one attached hydrogen (secondary N) is 1. The number of alkyl halides is 3. The SMILES string of the molecule is CCCC(NC(=O)c1cnn(C(C)(C)C)c1C(F)(F)F)C(=O)O. The molecule has 1 aromatic rings. The number of carboxylic acids is 1. The lowest BCUT2D eigenvalue weighted by atomic mass is 10.1. The van der Waals surface area contributed by atoms with Gasteiger partial charge in [-0.15, -0.1) is 0 Å². The first-order valence-corrected chi connectivity index (χ1v) is 7.09. The Morgan fingerprint density at radius 2 is 1.91 bits per heavy atom. The average molecular weight is 335 g/mol. The van der Waals surface area contributed by atoms with Crippen LogP contribution in [0.3, 0.4) is 0 Å². The molecule has 0 saturated heterocycles. The number of rotatable bonds is 5. The molecule has 1 rings (SSSR count).